The van der Waals surface area contributed by atoms with Crippen molar-refractivity contribution in [3.05, 3.63) is 35.4 Å². The molecule has 2 aliphatic rings. The summed E-state index contributed by atoms with van der Waals surface area (Å²) in [6.45, 7) is 0.761. The molecule has 1 aliphatic heterocycles. The normalized spacial score (nSPS) is 22.7. The van der Waals surface area contributed by atoms with Gasteiger partial charge in [0.05, 0.1) is 13.2 Å². The first-order chi connectivity index (χ1) is 10.2. The standard InChI is InChI=1S/C16H19NO4/c18-15(17-8-9-21-10-14(17)16(19)20)13-6-4-12(5-7-13)11-2-1-3-11/h4-7,11,14H,1-3,8-10H2,(H,19,20)/t14-/m1/s1. The van der Waals surface area contributed by atoms with Crippen molar-refractivity contribution in [2.24, 2.45) is 0 Å². The zero-order chi connectivity index (χ0) is 14.8. The van der Waals surface area contributed by atoms with E-state index in [2.05, 4.69) is 0 Å². The average Bonchev–Trinajstić information content (AvgIpc) is 2.45. The highest BCUT2D eigenvalue weighted by atomic mass is 16.5. The van der Waals surface area contributed by atoms with Gasteiger partial charge in [0.2, 0.25) is 0 Å². The number of benzene rings is 1. The van der Waals surface area contributed by atoms with Crippen LogP contribution in [0.25, 0.3) is 0 Å². The summed E-state index contributed by atoms with van der Waals surface area (Å²) >= 11 is 0. The number of hydrogen-bond acceptors (Lipinski definition) is 3. The molecule has 0 aromatic heterocycles. The minimum Gasteiger partial charge on any atom is -0.480 e. The number of aliphatic carboxylic acids is 1. The number of rotatable bonds is 3. The summed E-state index contributed by atoms with van der Waals surface area (Å²) in [5, 5.41) is 9.19. The molecule has 0 radical (unpaired) electrons. The van der Waals surface area contributed by atoms with Crippen molar-refractivity contribution in [1.29, 1.82) is 0 Å². The van der Waals surface area contributed by atoms with Crippen LogP contribution in [0.2, 0.25) is 0 Å². The van der Waals surface area contributed by atoms with E-state index < -0.39 is 12.0 Å². The predicted octanol–water partition coefficient (Wildman–Crippen LogP) is 1.88. The molecule has 112 valence electrons. The highest BCUT2D eigenvalue weighted by Gasteiger charge is 2.33. The zero-order valence-electron chi connectivity index (χ0n) is 11.8. The first-order valence-corrected chi connectivity index (χ1v) is 7.38. The summed E-state index contributed by atoms with van der Waals surface area (Å²) in [5.41, 5.74) is 1.82. The van der Waals surface area contributed by atoms with Crippen LogP contribution >= 0.6 is 0 Å². The second kappa shape index (κ2) is 5.85. The monoisotopic (exact) mass is 289 g/mol. The third kappa shape index (κ3) is 2.78. The summed E-state index contributed by atoms with van der Waals surface area (Å²) in [5.74, 6) is -0.621. The third-order valence-electron chi connectivity index (χ3n) is 4.41. The van der Waals surface area contributed by atoms with Gasteiger partial charge in [0.15, 0.2) is 6.04 Å². The largest absolute Gasteiger partial charge is 0.480 e. The van der Waals surface area contributed by atoms with Crippen molar-refractivity contribution in [1.82, 2.24) is 4.90 Å². The average molecular weight is 289 g/mol. The molecule has 5 nitrogen and oxygen atoms in total. The van der Waals surface area contributed by atoms with Crippen LogP contribution in [-0.4, -0.2) is 47.7 Å². The molecule has 1 N–H and O–H groups in total. The van der Waals surface area contributed by atoms with Crippen LogP contribution in [0, 0.1) is 0 Å². The number of carboxylic acid groups (broad SMARTS) is 1. The number of morpholine rings is 1. The molecule has 1 saturated carbocycles. The van der Waals surface area contributed by atoms with Crippen LogP contribution in [0.15, 0.2) is 24.3 Å². The highest BCUT2D eigenvalue weighted by Crippen LogP contribution is 2.36. The van der Waals surface area contributed by atoms with Crippen molar-refractivity contribution in [2.75, 3.05) is 19.8 Å². The Bertz CT molecular complexity index is 536. The molecule has 0 spiro atoms. The molecule has 1 heterocycles. The highest BCUT2D eigenvalue weighted by molar-refractivity contribution is 5.96. The van der Waals surface area contributed by atoms with E-state index in [0.717, 1.165) is 0 Å². The molecule has 1 saturated heterocycles. The van der Waals surface area contributed by atoms with E-state index in [4.69, 9.17) is 4.74 Å². The van der Waals surface area contributed by atoms with Crippen molar-refractivity contribution in [2.45, 2.75) is 31.2 Å². The molecule has 1 aliphatic carbocycles. The molecule has 0 bridgehead atoms. The molecule has 5 heteroatoms. The lowest BCUT2D eigenvalue weighted by Gasteiger charge is -2.33. The van der Waals surface area contributed by atoms with E-state index in [1.54, 1.807) is 0 Å². The van der Waals surface area contributed by atoms with Crippen molar-refractivity contribution < 1.29 is 19.4 Å². The van der Waals surface area contributed by atoms with Gasteiger partial charge in [0, 0.05) is 12.1 Å². The third-order valence-corrected chi connectivity index (χ3v) is 4.41. The first-order valence-electron chi connectivity index (χ1n) is 7.38. The fourth-order valence-corrected chi connectivity index (χ4v) is 2.86. The maximum absolute atomic E-state index is 12.5. The van der Waals surface area contributed by atoms with Gasteiger partial charge in [-0.15, -0.1) is 0 Å². The van der Waals surface area contributed by atoms with Crippen molar-refractivity contribution >= 4 is 11.9 Å². The topological polar surface area (TPSA) is 66.8 Å². The molecule has 1 aromatic rings. The molecule has 3 rings (SSSR count). The fraction of sp³-hybridized carbons (Fsp3) is 0.500. The lowest BCUT2D eigenvalue weighted by atomic mass is 9.80. The molecular formula is C16H19NO4. The van der Waals surface area contributed by atoms with Gasteiger partial charge >= 0.3 is 5.97 Å². The number of nitrogens with zero attached hydrogens (tertiary/aromatic N) is 1. The number of amides is 1. The van der Waals surface area contributed by atoms with Crippen LogP contribution in [0.5, 0.6) is 0 Å². The second-order valence-corrected chi connectivity index (χ2v) is 5.68. The first kappa shape index (κ1) is 14.1. The fourth-order valence-electron chi connectivity index (χ4n) is 2.86. The Hall–Kier alpha value is -1.88. The molecule has 1 aromatic carbocycles. The molecule has 1 atom stereocenters. The van der Waals surface area contributed by atoms with E-state index in [1.807, 2.05) is 24.3 Å². The number of carboxylic acids is 1. The van der Waals surface area contributed by atoms with E-state index in [-0.39, 0.29) is 12.5 Å². The maximum atomic E-state index is 12.5. The van der Waals surface area contributed by atoms with Gasteiger partial charge in [-0.2, -0.15) is 0 Å². The summed E-state index contributed by atoms with van der Waals surface area (Å²) in [4.78, 5) is 25.1. The van der Waals surface area contributed by atoms with Crippen LogP contribution in [0.1, 0.15) is 41.1 Å². The summed E-state index contributed by atoms with van der Waals surface area (Å²) in [6, 6.07) is 6.72. The van der Waals surface area contributed by atoms with Gasteiger partial charge in [-0.3, -0.25) is 4.79 Å². The number of hydrogen-bond donors (Lipinski definition) is 1. The van der Waals surface area contributed by atoms with E-state index in [9.17, 15) is 14.7 Å². The lowest BCUT2D eigenvalue weighted by Crippen LogP contribution is -2.52. The predicted molar refractivity (Wildman–Crippen MR) is 76.3 cm³/mol. The Morgan fingerprint density at radius 3 is 2.48 bits per heavy atom. The van der Waals surface area contributed by atoms with Gasteiger partial charge < -0.3 is 14.7 Å². The number of carbonyl (C=O) groups excluding carboxylic acids is 1. The SMILES string of the molecule is O=C(O)[C@H]1COCCN1C(=O)c1ccc(C2CCC2)cc1. The van der Waals surface area contributed by atoms with Crippen LogP contribution in [-0.2, 0) is 9.53 Å². The van der Waals surface area contributed by atoms with Crippen LogP contribution < -0.4 is 0 Å². The van der Waals surface area contributed by atoms with Gasteiger partial charge in [0.1, 0.15) is 0 Å². The molecule has 1 amide bonds. The van der Waals surface area contributed by atoms with E-state index in [1.165, 1.54) is 29.7 Å². The summed E-state index contributed by atoms with van der Waals surface area (Å²) in [6.07, 6.45) is 3.72. The summed E-state index contributed by atoms with van der Waals surface area (Å²) in [7, 11) is 0. The van der Waals surface area contributed by atoms with Crippen molar-refractivity contribution in [3.8, 4) is 0 Å². The zero-order valence-corrected chi connectivity index (χ0v) is 11.8. The molecule has 21 heavy (non-hydrogen) atoms. The van der Waals surface area contributed by atoms with E-state index in [0.29, 0.717) is 24.6 Å². The Morgan fingerprint density at radius 1 is 1.19 bits per heavy atom. The van der Waals surface area contributed by atoms with Gasteiger partial charge in [-0.25, -0.2) is 4.79 Å². The molecule has 0 unspecified atom stereocenters. The summed E-state index contributed by atoms with van der Waals surface area (Å²) < 4.78 is 5.16. The number of carbonyl (C=O) groups is 2. The Kier molecular flexibility index (Phi) is 3.92. The molecule has 2 fully saturated rings. The Balaban J connectivity index is 1.75. The van der Waals surface area contributed by atoms with Crippen molar-refractivity contribution in [3.63, 3.8) is 0 Å². The maximum Gasteiger partial charge on any atom is 0.328 e. The van der Waals surface area contributed by atoms with Gasteiger partial charge in [-0.1, -0.05) is 18.6 Å². The number of ether oxygens (including phenoxy) is 1. The minimum atomic E-state index is -1.02. The lowest BCUT2D eigenvalue weighted by molar-refractivity contribution is -0.147. The quantitative estimate of drug-likeness (QED) is 0.922. The van der Waals surface area contributed by atoms with Crippen LogP contribution in [0.3, 0.4) is 0 Å². The van der Waals surface area contributed by atoms with Gasteiger partial charge in [-0.05, 0) is 36.5 Å². The van der Waals surface area contributed by atoms with Crippen LogP contribution in [0.4, 0.5) is 0 Å². The second-order valence-electron chi connectivity index (χ2n) is 5.68. The Labute approximate surface area is 123 Å². The van der Waals surface area contributed by atoms with Gasteiger partial charge in [0.25, 0.3) is 5.91 Å². The van der Waals surface area contributed by atoms with E-state index >= 15 is 0 Å². The Morgan fingerprint density at radius 2 is 1.90 bits per heavy atom. The molecular weight excluding hydrogens is 270 g/mol. The smallest absolute Gasteiger partial charge is 0.328 e. The minimum absolute atomic E-state index is 0.0568.